The van der Waals surface area contributed by atoms with Crippen LogP contribution in [-0.2, 0) is 6.54 Å². The smallest absolute Gasteiger partial charge is 0.193 e. The van der Waals surface area contributed by atoms with Crippen LogP contribution >= 0.6 is 0 Å². The molecule has 0 aromatic heterocycles. The lowest BCUT2D eigenvalue weighted by Gasteiger charge is -2.38. The molecule has 176 valence electrons. The van der Waals surface area contributed by atoms with Gasteiger partial charge in [-0.3, -0.25) is 4.79 Å². The molecule has 0 aliphatic carbocycles. The molecule has 0 heterocycles. The van der Waals surface area contributed by atoms with Gasteiger partial charge in [-0.15, -0.1) is 0 Å². The van der Waals surface area contributed by atoms with Crippen LogP contribution < -0.4 is 21.7 Å². The van der Waals surface area contributed by atoms with E-state index in [4.69, 9.17) is 4.74 Å². The Bertz CT molecular complexity index is 943. The van der Waals surface area contributed by atoms with Crippen LogP contribution in [0.4, 0.5) is 0 Å². The number of carbonyl (C=O) groups excluding carboxylic acids is 1. The Hall–Kier alpha value is -2.51. The van der Waals surface area contributed by atoms with E-state index in [1.54, 1.807) is 12.1 Å². The zero-order valence-corrected chi connectivity index (χ0v) is 20.4. The van der Waals surface area contributed by atoms with Gasteiger partial charge in [-0.2, -0.15) is 0 Å². The number of hydrogen-bond donors (Lipinski definition) is 2. The molecule has 3 aromatic carbocycles. The van der Waals surface area contributed by atoms with Crippen LogP contribution in [0.15, 0.2) is 84.9 Å². The van der Waals surface area contributed by atoms with Crippen LogP contribution in [0.2, 0.25) is 0 Å². The van der Waals surface area contributed by atoms with E-state index in [-0.39, 0.29) is 36.0 Å². The monoisotopic (exact) mass is 513 g/mol. The van der Waals surface area contributed by atoms with Gasteiger partial charge in [0.05, 0.1) is 26.4 Å². The first-order valence-electron chi connectivity index (χ1n) is 11.1. The molecule has 0 fully saturated rings. The lowest BCUT2D eigenvalue weighted by atomic mass is 10.0. The van der Waals surface area contributed by atoms with Crippen molar-refractivity contribution in [1.29, 1.82) is 0 Å². The van der Waals surface area contributed by atoms with Crippen molar-refractivity contribution in [2.45, 2.75) is 13.0 Å². The number of nitrogens with zero attached hydrogens (tertiary/aromatic N) is 1. The van der Waals surface area contributed by atoms with E-state index < -0.39 is 0 Å². The molecule has 5 nitrogen and oxygen atoms in total. The molecular weight excluding hydrogens is 482 g/mol. The minimum atomic E-state index is -0.00634. The van der Waals surface area contributed by atoms with Crippen LogP contribution in [0.5, 0.6) is 5.75 Å². The first-order valence-corrected chi connectivity index (χ1v) is 11.1. The summed E-state index contributed by atoms with van der Waals surface area (Å²) < 4.78 is 6.52. The molecule has 2 N–H and O–H groups in total. The van der Waals surface area contributed by atoms with Crippen molar-refractivity contribution in [1.82, 2.24) is 0 Å². The lowest BCUT2D eigenvalue weighted by molar-refractivity contribution is -0.941. The molecule has 0 atom stereocenters. The van der Waals surface area contributed by atoms with Gasteiger partial charge in [-0.25, -0.2) is 0 Å². The van der Waals surface area contributed by atoms with Gasteiger partial charge >= 0.3 is 0 Å². The molecule has 3 aromatic rings. The van der Waals surface area contributed by atoms with Gasteiger partial charge < -0.3 is 36.4 Å². The van der Waals surface area contributed by atoms with Gasteiger partial charge in [0.1, 0.15) is 25.4 Å². The van der Waals surface area contributed by atoms with Gasteiger partial charge in [0, 0.05) is 23.1 Å². The highest BCUT2D eigenvalue weighted by atomic mass is 79.9. The van der Waals surface area contributed by atoms with E-state index >= 15 is 0 Å². The quantitative estimate of drug-likeness (QED) is 0.200. The highest BCUT2D eigenvalue weighted by Crippen LogP contribution is 2.18. The van der Waals surface area contributed by atoms with Crippen molar-refractivity contribution in [3.05, 3.63) is 102 Å². The summed E-state index contributed by atoms with van der Waals surface area (Å²) in [7, 11) is 0. The van der Waals surface area contributed by atoms with E-state index in [2.05, 4.69) is 12.1 Å². The number of rotatable bonds is 13. The second kappa shape index (κ2) is 13.9. The maximum atomic E-state index is 12.5. The SMILES string of the molecule is O=C(c1ccccc1)c1ccc(OCCC[N+](CCO)(CCO)Cc2ccccc2)cc1.[Br-]. The number of hydrogen-bond acceptors (Lipinski definition) is 4. The van der Waals surface area contributed by atoms with E-state index in [0.717, 1.165) is 25.3 Å². The first kappa shape index (κ1) is 26.7. The predicted octanol–water partition coefficient (Wildman–Crippen LogP) is 0.692. The zero-order chi connectivity index (χ0) is 22.7. The topological polar surface area (TPSA) is 66.8 Å². The number of ether oxygens (including phenoxy) is 1. The van der Waals surface area contributed by atoms with Crippen LogP contribution in [0.25, 0.3) is 0 Å². The third kappa shape index (κ3) is 8.09. The molecule has 0 spiro atoms. The number of benzene rings is 3. The molecule has 0 bridgehead atoms. The summed E-state index contributed by atoms with van der Waals surface area (Å²) in [5.74, 6) is 0.716. The van der Waals surface area contributed by atoms with Crippen molar-refractivity contribution >= 4 is 5.78 Å². The second-order valence-corrected chi connectivity index (χ2v) is 8.02. The van der Waals surface area contributed by atoms with Crippen molar-refractivity contribution in [3.8, 4) is 5.75 Å². The fourth-order valence-corrected chi connectivity index (χ4v) is 4.02. The Balaban J connectivity index is 0.00000385. The normalized spacial score (nSPS) is 11.0. The molecule has 3 rings (SSSR count). The Morgan fingerprint density at radius 1 is 0.727 bits per heavy atom. The summed E-state index contributed by atoms with van der Waals surface area (Å²) in [6, 6.07) is 26.6. The predicted molar refractivity (Wildman–Crippen MR) is 126 cm³/mol. The van der Waals surface area contributed by atoms with Crippen LogP contribution in [0, 0.1) is 0 Å². The van der Waals surface area contributed by atoms with Crippen molar-refractivity contribution in [2.75, 3.05) is 39.5 Å². The highest BCUT2D eigenvalue weighted by Gasteiger charge is 2.26. The Labute approximate surface area is 206 Å². The average Bonchev–Trinajstić information content (AvgIpc) is 2.83. The fourth-order valence-electron chi connectivity index (χ4n) is 4.02. The second-order valence-electron chi connectivity index (χ2n) is 8.02. The summed E-state index contributed by atoms with van der Waals surface area (Å²) >= 11 is 0. The maximum Gasteiger partial charge on any atom is 0.193 e. The van der Waals surface area contributed by atoms with Crippen LogP contribution in [0.3, 0.4) is 0 Å². The van der Waals surface area contributed by atoms with Gasteiger partial charge in [0.15, 0.2) is 5.78 Å². The van der Waals surface area contributed by atoms with Crippen LogP contribution in [0.1, 0.15) is 27.9 Å². The summed E-state index contributed by atoms with van der Waals surface area (Å²) in [6.45, 7) is 3.41. The Kier molecular flexibility index (Phi) is 11.3. The van der Waals surface area contributed by atoms with E-state index in [1.165, 1.54) is 5.56 Å². The number of aliphatic hydroxyl groups excluding tert-OH is 2. The third-order valence-corrected chi connectivity index (χ3v) is 5.71. The third-order valence-electron chi connectivity index (χ3n) is 5.71. The van der Waals surface area contributed by atoms with Crippen molar-refractivity contribution in [2.24, 2.45) is 0 Å². The number of aliphatic hydroxyl groups is 2. The number of carbonyl (C=O) groups is 1. The van der Waals surface area contributed by atoms with Crippen molar-refractivity contribution in [3.63, 3.8) is 0 Å². The highest BCUT2D eigenvalue weighted by molar-refractivity contribution is 6.08. The van der Waals surface area contributed by atoms with Crippen LogP contribution in [-0.4, -0.2) is 59.9 Å². The average molecular weight is 514 g/mol. The summed E-state index contributed by atoms with van der Waals surface area (Å²) in [6.07, 6.45) is 0.789. The number of ketones is 1. The molecule has 0 saturated heterocycles. The van der Waals surface area contributed by atoms with Gasteiger partial charge in [-0.1, -0.05) is 60.7 Å². The Morgan fingerprint density at radius 2 is 1.27 bits per heavy atom. The zero-order valence-electron chi connectivity index (χ0n) is 18.8. The van der Waals surface area contributed by atoms with Gasteiger partial charge in [0.25, 0.3) is 0 Å². The number of halogens is 1. The molecule has 0 aliphatic rings. The van der Waals surface area contributed by atoms with E-state index in [1.807, 2.05) is 60.7 Å². The van der Waals surface area contributed by atoms with Gasteiger partial charge in [0.2, 0.25) is 0 Å². The molecule has 0 unspecified atom stereocenters. The molecule has 33 heavy (non-hydrogen) atoms. The van der Waals surface area contributed by atoms with Gasteiger partial charge in [-0.05, 0) is 24.3 Å². The van der Waals surface area contributed by atoms with E-state index in [9.17, 15) is 15.0 Å². The molecule has 0 aliphatic heterocycles. The fraction of sp³-hybridized carbons (Fsp3) is 0.296. The summed E-state index contributed by atoms with van der Waals surface area (Å²) in [5.41, 5.74) is 2.49. The minimum absolute atomic E-state index is 0. The molecule has 0 radical (unpaired) electrons. The first-order chi connectivity index (χ1) is 15.7. The molecular formula is C27H32BrNO4. The number of quaternary nitrogens is 1. The standard InChI is InChI=1S/C27H32NO4.BrH/c29-19-17-28(18-20-30,22-23-8-3-1-4-9-23)16-7-21-32-26-14-12-25(13-15-26)27(31)24-10-5-2-6-11-24;/h1-6,8-15,29-30H,7,16-22H2;1H/q+1;/p-1. The molecule has 0 saturated carbocycles. The minimum Gasteiger partial charge on any atom is -1.00 e. The lowest BCUT2D eigenvalue weighted by Crippen LogP contribution is -3.00. The Morgan fingerprint density at radius 3 is 1.85 bits per heavy atom. The largest absolute Gasteiger partial charge is 1.00 e. The summed E-state index contributed by atoms with van der Waals surface area (Å²) in [4.78, 5) is 12.5. The van der Waals surface area contributed by atoms with E-state index in [0.29, 0.717) is 35.3 Å². The summed E-state index contributed by atoms with van der Waals surface area (Å²) in [5, 5.41) is 19.3. The maximum absolute atomic E-state index is 12.5. The molecule has 0 amide bonds. The van der Waals surface area contributed by atoms with Crippen molar-refractivity contribution < 1.29 is 41.2 Å². The molecule has 6 heteroatoms.